The largest absolute Gasteiger partial charge is 0.492 e. The number of rotatable bonds is 7. The van der Waals surface area contributed by atoms with Gasteiger partial charge in [-0.2, -0.15) is 0 Å². The quantitative estimate of drug-likeness (QED) is 0.280. The summed E-state index contributed by atoms with van der Waals surface area (Å²) < 4.78 is 10.7. The summed E-state index contributed by atoms with van der Waals surface area (Å²) in [6.45, 7) is 0.508. The lowest BCUT2D eigenvalue weighted by molar-refractivity contribution is -0.384. The molecule has 2 aromatic carbocycles. The Bertz CT molecular complexity index is 1100. The molecule has 3 rings (SSSR count). The van der Waals surface area contributed by atoms with Crippen molar-refractivity contribution in [2.24, 2.45) is 0 Å². The van der Waals surface area contributed by atoms with Crippen LogP contribution in [0.3, 0.4) is 0 Å². The first-order valence-electron chi connectivity index (χ1n) is 8.33. The van der Waals surface area contributed by atoms with Gasteiger partial charge < -0.3 is 14.5 Å². The van der Waals surface area contributed by atoms with Crippen LogP contribution in [-0.2, 0) is 0 Å². The van der Waals surface area contributed by atoms with Crippen molar-refractivity contribution in [1.29, 1.82) is 0 Å². The summed E-state index contributed by atoms with van der Waals surface area (Å²) in [6.07, 6.45) is 0.451. The van der Waals surface area contributed by atoms with Crippen molar-refractivity contribution >= 4 is 34.2 Å². The second kappa shape index (κ2) is 8.53. The highest BCUT2D eigenvalue weighted by atomic mass is 35.5. The summed E-state index contributed by atoms with van der Waals surface area (Å²) in [4.78, 5) is 34.0. The van der Waals surface area contributed by atoms with E-state index in [1.54, 1.807) is 24.3 Å². The van der Waals surface area contributed by atoms with E-state index >= 15 is 0 Å². The standard InChI is InChI=1S/C19H15ClN2O6/c20-15-7-6-12(22(25)26)10-14(15)19(24)21-8-3-9-27-17-11-18(23)28-16-5-2-1-4-13(16)17/h1-2,4-7,10-11H,3,8-9H2,(H,21,24). The molecular formula is C19H15ClN2O6. The van der Waals surface area contributed by atoms with Crippen molar-refractivity contribution in [1.82, 2.24) is 5.32 Å². The molecular weight excluding hydrogens is 388 g/mol. The molecule has 144 valence electrons. The van der Waals surface area contributed by atoms with Crippen LogP contribution in [0.4, 0.5) is 5.69 Å². The van der Waals surface area contributed by atoms with E-state index in [4.69, 9.17) is 20.8 Å². The minimum Gasteiger partial charge on any atom is -0.492 e. The highest BCUT2D eigenvalue weighted by Crippen LogP contribution is 2.23. The number of carbonyl (C=O) groups is 1. The van der Waals surface area contributed by atoms with Gasteiger partial charge in [-0.3, -0.25) is 14.9 Å². The molecule has 0 aliphatic heterocycles. The first kappa shape index (κ1) is 19.4. The molecule has 8 nitrogen and oxygen atoms in total. The zero-order valence-corrected chi connectivity index (χ0v) is 15.3. The third-order valence-electron chi connectivity index (χ3n) is 3.88. The fraction of sp³-hybridized carbons (Fsp3) is 0.158. The smallest absolute Gasteiger partial charge is 0.339 e. The van der Waals surface area contributed by atoms with E-state index in [0.29, 0.717) is 23.1 Å². The fourth-order valence-electron chi connectivity index (χ4n) is 2.55. The Morgan fingerprint density at radius 2 is 2.00 bits per heavy atom. The number of nitro benzene ring substituents is 1. The highest BCUT2D eigenvalue weighted by Gasteiger charge is 2.15. The summed E-state index contributed by atoms with van der Waals surface area (Å²) in [5.74, 6) is -0.112. The SMILES string of the molecule is O=C(NCCCOc1cc(=O)oc2ccccc12)c1cc([N+](=O)[O-])ccc1Cl. The molecule has 1 N–H and O–H groups in total. The van der Waals surface area contributed by atoms with E-state index in [1.165, 1.54) is 18.2 Å². The molecule has 0 atom stereocenters. The number of nitrogens with one attached hydrogen (secondary N) is 1. The van der Waals surface area contributed by atoms with Crippen molar-refractivity contribution in [3.05, 3.63) is 79.7 Å². The van der Waals surface area contributed by atoms with E-state index in [-0.39, 0.29) is 29.4 Å². The van der Waals surface area contributed by atoms with Gasteiger partial charge in [0.15, 0.2) is 0 Å². The van der Waals surface area contributed by atoms with Crippen LogP contribution >= 0.6 is 11.6 Å². The van der Waals surface area contributed by atoms with E-state index in [0.717, 1.165) is 6.07 Å². The third kappa shape index (κ3) is 4.47. The number of ether oxygens (including phenoxy) is 1. The van der Waals surface area contributed by atoms with Gasteiger partial charge in [-0.25, -0.2) is 4.79 Å². The number of non-ortho nitro benzene ring substituents is 1. The molecule has 1 aromatic heterocycles. The molecule has 0 saturated carbocycles. The number of fused-ring (bicyclic) bond motifs is 1. The van der Waals surface area contributed by atoms with Gasteiger partial charge in [-0.15, -0.1) is 0 Å². The molecule has 0 radical (unpaired) electrons. The molecule has 28 heavy (non-hydrogen) atoms. The average molecular weight is 403 g/mol. The number of para-hydroxylation sites is 1. The summed E-state index contributed by atoms with van der Waals surface area (Å²) >= 11 is 5.94. The zero-order valence-electron chi connectivity index (χ0n) is 14.5. The van der Waals surface area contributed by atoms with E-state index in [1.807, 2.05) is 0 Å². The first-order chi connectivity index (χ1) is 13.5. The molecule has 0 bridgehead atoms. The van der Waals surface area contributed by atoms with Crippen LogP contribution in [-0.4, -0.2) is 24.0 Å². The summed E-state index contributed by atoms with van der Waals surface area (Å²) in [6, 6.07) is 11.9. The van der Waals surface area contributed by atoms with E-state index in [2.05, 4.69) is 5.32 Å². The van der Waals surface area contributed by atoms with Crippen LogP contribution in [0, 0.1) is 10.1 Å². The number of nitrogens with zero attached hydrogens (tertiary/aromatic N) is 1. The van der Waals surface area contributed by atoms with Crippen molar-refractivity contribution in [3.63, 3.8) is 0 Å². The molecule has 0 unspecified atom stereocenters. The van der Waals surface area contributed by atoms with Crippen molar-refractivity contribution in [2.45, 2.75) is 6.42 Å². The normalized spacial score (nSPS) is 10.6. The lowest BCUT2D eigenvalue weighted by Gasteiger charge is -2.09. The molecule has 0 saturated heterocycles. The number of hydrogen-bond acceptors (Lipinski definition) is 6. The molecule has 0 fully saturated rings. The van der Waals surface area contributed by atoms with Gasteiger partial charge in [0.25, 0.3) is 11.6 Å². The van der Waals surface area contributed by atoms with E-state index < -0.39 is 16.5 Å². The van der Waals surface area contributed by atoms with Gasteiger partial charge in [0.2, 0.25) is 0 Å². The van der Waals surface area contributed by atoms with Gasteiger partial charge >= 0.3 is 5.63 Å². The van der Waals surface area contributed by atoms with Crippen molar-refractivity contribution in [3.8, 4) is 5.75 Å². The Hall–Kier alpha value is -3.39. The van der Waals surface area contributed by atoms with Crippen LogP contribution in [0.2, 0.25) is 5.02 Å². The maximum Gasteiger partial charge on any atom is 0.339 e. The molecule has 1 amide bonds. The molecule has 1 heterocycles. The Labute approximate surface area is 163 Å². The average Bonchev–Trinajstić information content (AvgIpc) is 2.67. The summed E-state index contributed by atoms with van der Waals surface area (Å²) in [5.41, 5.74) is -0.267. The lowest BCUT2D eigenvalue weighted by Crippen LogP contribution is -2.26. The van der Waals surface area contributed by atoms with Crippen LogP contribution in [0.1, 0.15) is 16.8 Å². The van der Waals surface area contributed by atoms with E-state index in [9.17, 15) is 19.7 Å². The van der Waals surface area contributed by atoms with Crippen LogP contribution in [0.5, 0.6) is 5.75 Å². The third-order valence-corrected chi connectivity index (χ3v) is 4.21. The number of amides is 1. The second-order valence-corrected chi connectivity index (χ2v) is 6.21. The Balaban J connectivity index is 1.56. The molecule has 0 aliphatic rings. The van der Waals surface area contributed by atoms with Crippen molar-refractivity contribution < 1.29 is 18.9 Å². The van der Waals surface area contributed by atoms with Gasteiger partial charge in [-0.05, 0) is 24.6 Å². The predicted molar refractivity (Wildman–Crippen MR) is 103 cm³/mol. The monoisotopic (exact) mass is 402 g/mol. The number of benzene rings is 2. The number of nitro groups is 1. The second-order valence-electron chi connectivity index (χ2n) is 5.81. The van der Waals surface area contributed by atoms with Gasteiger partial charge in [0, 0.05) is 18.7 Å². The Morgan fingerprint density at radius 3 is 2.79 bits per heavy atom. The summed E-state index contributed by atoms with van der Waals surface area (Å²) in [5, 5.41) is 14.3. The lowest BCUT2D eigenvalue weighted by atomic mass is 10.2. The molecule has 9 heteroatoms. The molecule has 3 aromatic rings. The van der Waals surface area contributed by atoms with Crippen LogP contribution in [0.25, 0.3) is 11.0 Å². The minimum absolute atomic E-state index is 0.0310. The number of hydrogen-bond donors (Lipinski definition) is 1. The van der Waals surface area contributed by atoms with Crippen molar-refractivity contribution in [2.75, 3.05) is 13.2 Å². The number of carbonyl (C=O) groups excluding carboxylic acids is 1. The van der Waals surface area contributed by atoms with Gasteiger partial charge in [0.1, 0.15) is 11.3 Å². The topological polar surface area (TPSA) is 112 Å². The Morgan fingerprint density at radius 1 is 1.21 bits per heavy atom. The predicted octanol–water partition coefficient (Wildman–Crippen LogP) is 3.55. The zero-order chi connectivity index (χ0) is 20.1. The minimum atomic E-state index is -0.596. The summed E-state index contributed by atoms with van der Waals surface area (Å²) in [7, 11) is 0. The maximum atomic E-state index is 12.2. The number of halogens is 1. The Kier molecular flexibility index (Phi) is 5.90. The van der Waals surface area contributed by atoms with Gasteiger partial charge in [-0.1, -0.05) is 23.7 Å². The maximum absolute atomic E-state index is 12.2. The first-order valence-corrected chi connectivity index (χ1v) is 8.71. The highest BCUT2D eigenvalue weighted by molar-refractivity contribution is 6.33. The molecule has 0 spiro atoms. The van der Waals surface area contributed by atoms with Crippen LogP contribution in [0.15, 0.2) is 57.7 Å². The fourth-order valence-corrected chi connectivity index (χ4v) is 2.76. The molecule has 0 aliphatic carbocycles. The van der Waals surface area contributed by atoms with Gasteiger partial charge in [0.05, 0.1) is 33.6 Å². The van der Waals surface area contributed by atoms with Crippen LogP contribution < -0.4 is 15.7 Å².